The summed E-state index contributed by atoms with van der Waals surface area (Å²) in [6.45, 7) is 4.36. The SMILES string of the molecule is CC(C)OCCNc1cc(F)cc(F)c1F. The molecule has 0 aromatic heterocycles. The van der Waals surface area contributed by atoms with Gasteiger partial charge in [-0.25, -0.2) is 13.2 Å². The highest BCUT2D eigenvalue weighted by Gasteiger charge is 2.10. The number of ether oxygens (including phenoxy) is 1. The van der Waals surface area contributed by atoms with Crippen molar-refractivity contribution in [2.24, 2.45) is 0 Å². The van der Waals surface area contributed by atoms with Crippen LogP contribution in [0.2, 0.25) is 0 Å². The lowest BCUT2D eigenvalue weighted by Crippen LogP contribution is -2.14. The van der Waals surface area contributed by atoms with Crippen molar-refractivity contribution in [3.8, 4) is 0 Å². The Balaban J connectivity index is 2.53. The molecule has 1 N–H and O–H groups in total. The van der Waals surface area contributed by atoms with E-state index in [0.29, 0.717) is 12.7 Å². The summed E-state index contributed by atoms with van der Waals surface area (Å²) in [5.74, 6) is -3.09. The van der Waals surface area contributed by atoms with Crippen LogP contribution in [0.1, 0.15) is 13.8 Å². The third-order valence-corrected chi connectivity index (χ3v) is 1.86. The first-order valence-corrected chi connectivity index (χ1v) is 5.00. The molecule has 1 rings (SSSR count). The Kier molecular flexibility index (Phi) is 4.61. The van der Waals surface area contributed by atoms with Crippen molar-refractivity contribution < 1.29 is 17.9 Å². The van der Waals surface area contributed by atoms with E-state index in [4.69, 9.17) is 4.74 Å². The number of benzene rings is 1. The van der Waals surface area contributed by atoms with Crippen molar-refractivity contribution >= 4 is 5.69 Å². The second kappa shape index (κ2) is 5.75. The molecule has 90 valence electrons. The number of rotatable bonds is 5. The molecule has 0 heterocycles. The van der Waals surface area contributed by atoms with Crippen LogP contribution in [-0.2, 0) is 4.74 Å². The minimum Gasteiger partial charge on any atom is -0.380 e. The zero-order valence-electron chi connectivity index (χ0n) is 9.19. The molecule has 0 spiro atoms. The molecule has 0 saturated carbocycles. The van der Waals surface area contributed by atoms with Crippen LogP contribution in [0, 0.1) is 17.5 Å². The Morgan fingerprint density at radius 3 is 2.56 bits per heavy atom. The molecular formula is C11H14F3NO. The lowest BCUT2D eigenvalue weighted by atomic mass is 10.3. The Hall–Kier alpha value is -1.23. The zero-order valence-corrected chi connectivity index (χ0v) is 9.19. The molecule has 1 aromatic carbocycles. The highest BCUT2D eigenvalue weighted by atomic mass is 19.2. The van der Waals surface area contributed by atoms with Crippen LogP contribution in [0.4, 0.5) is 18.9 Å². The maximum absolute atomic E-state index is 13.1. The first-order valence-electron chi connectivity index (χ1n) is 5.00. The van der Waals surface area contributed by atoms with E-state index >= 15 is 0 Å². The van der Waals surface area contributed by atoms with Gasteiger partial charge in [0.15, 0.2) is 11.6 Å². The van der Waals surface area contributed by atoms with Crippen LogP contribution in [0.15, 0.2) is 12.1 Å². The molecule has 5 heteroatoms. The second-order valence-corrected chi connectivity index (χ2v) is 3.60. The molecule has 0 fully saturated rings. The van der Waals surface area contributed by atoms with E-state index < -0.39 is 17.5 Å². The van der Waals surface area contributed by atoms with Gasteiger partial charge in [-0.15, -0.1) is 0 Å². The third kappa shape index (κ3) is 3.73. The summed E-state index contributed by atoms with van der Waals surface area (Å²) < 4.78 is 43.9. The van der Waals surface area contributed by atoms with Crippen molar-refractivity contribution in [1.82, 2.24) is 0 Å². The smallest absolute Gasteiger partial charge is 0.182 e. The quantitative estimate of drug-likeness (QED) is 0.623. The highest BCUT2D eigenvalue weighted by molar-refractivity contribution is 5.45. The third-order valence-electron chi connectivity index (χ3n) is 1.86. The fourth-order valence-electron chi connectivity index (χ4n) is 1.16. The summed E-state index contributed by atoms with van der Waals surface area (Å²) in [7, 11) is 0. The number of hydrogen-bond acceptors (Lipinski definition) is 2. The lowest BCUT2D eigenvalue weighted by Gasteiger charge is -2.10. The van der Waals surface area contributed by atoms with Crippen LogP contribution < -0.4 is 5.32 Å². The summed E-state index contributed by atoms with van der Waals surface area (Å²) in [6.07, 6.45) is 0.0656. The Labute approximate surface area is 92.4 Å². The topological polar surface area (TPSA) is 21.3 Å². The molecule has 0 aliphatic carbocycles. The van der Waals surface area contributed by atoms with E-state index in [1.54, 1.807) is 0 Å². The standard InChI is InChI=1S/C11H14F3NO/c1-7(2)16-4-3-15-10-6-8(12)5-9(13)11(10)14/h5-7,15H,3-4H2,1-2H3. The monoisotopic (exact) mass is 233 g/mol. The van der Waals surface area contributed by atoms with Gasteiger partial charge in [-0.2, -0.15) is 0 Å². The van der Waals surface area contributed by atoms with Gasteiger partial charge in [0.2, 0.25) is 0 Å². The van der Waals surface area contributed by atoms with Gasteiger partial charge < -0.3 is 10.1 Å². The largest absolute Gasteiger partial charge is 0.380 e. The van der Waals surface area contributed by atoms with E-state index in [0.717, 1.165) is 6.07 Å². The van der Waals surface area contributed by atoms with E-state index in [1.807, 2.05) is 13.8 Å². The maximum Gasteiger partial charge on any atom is 0.182 e. The average molecular weight is 233 g/mol. The van der Waals surface area contributed by atoms with Crippen LogP contribution in [0.25, 0.3) is 0 Å². The number of nitrogens with one attached hydrogen (secondary N) is 1. The van der Waals surface area contributed by atoms with Crippen LogP contribution in [-0.4, -0.2) is 19.3 Å². The van der Waals surface area contributed by atoms with Gasteiger partial charge in [0.25, 0.3) is 0 Å². The summed E-state index contributed by atoms with van der Waals surface area (Å²) in [6, 6.07) is 1.42. The van der Waals surface area contributed by atoms with Gasteiger partial charge in [-0.05, 0) is 13.8 Å². The van der Waals surface area contributed by atoms with Crippen molar-refractivity contribution in [2.45, 2.75) is 20.0 Å². The molecule has 0 radical (unpaired) electrons. The van der Waals surface area contributed by atoms with E-state index in [1.165, 1.54) is 0 Å². The van der Waals surface area contributed by atoms with Gasteiger partial charge in [-0.3, -0.25) is 0 Å². The van der Waals surface area contributed by atoms with Gasteiger partial charge >= 0.3 is 0 Å². The summed E-state index contributed by atoms with van der Waals surface area (Å²) in [4.78, 5) is 0. The molecular weight excluding hydrogens is 219 g/mol. The Bertz CT molecular complexity index is 355. The molecule has 0 saturated heterocycles. The Morgan fingerprint density at radius 2 is 1.94 bits per heavy atom. The molecule has 0 amide bonds. The number of anilines is 1. The van der Waals surface area contributed by atoms with Gasteiger partial charge in [0, 0.05) is 18.7 Å². The molecule has 1 aromatic rings. The molecule has 0 atom stereocenters. The van der Waals surface area contributed by atoms with Crippen LogP contribution in [0.3, 0.4) is 0 Å². The summed E-state index contributed by atoms with van der Waals surface area (Å²) in [5, 5.41) is 2.57. The van der Waals surface area contributed by atoms with Crippen molar-refractivity contribution in [1.29, 1.82) is 0 Å². The first kappa shape index (κ1) is 12.8. The van der Waals surface area contributed by atoms with Crippen LogP contribution in [0.5, 0.6) is 0 Å². The molecule has 0 unspecified atom stereocenters. The maximum atomic E-state index is 13.1. The fraction of sp³-hybridized carbons (Fsp3) is 0.455. The minimum atomic E-state index is -1.20. The van der Waals surface area contributed by atoms with Crippen LogP contribution >= 0.6 is 0 Å². The number of halogens is 3. The van der Waals surface area contributed by atoms with E-state index in [-0.39, 0.29) is 18.3 Å². The van der Waals surface area contributed by atoms with Gasteiger partial charge in [-0.1, -0.05) is 0 Å². The fourth-order valence-corrected chi connectivity index (χ4v) is 1.16. The predicted molar refractivity (Wildman–Crippen MR) is 55.9 cm³/mol. The Morgan fingerprint density at radius 1 is 1.25 bits per heavy atom. The van der Waals surface area contributed by atoms with Crippen molar-refractivity contribution in [3.05, 3.63) is 29.6 Å². The predicted octanol–water partition coefficient (Wildman–Crippen LogP) is 2.94. The first-order chi connectivity index (χ1) is 7.50. The normalized spacial score (nSPS) is 10.9. The highest BCUT2D eigenvalue weighted by Crippen LogP contribution is 2.18. The molecule has 0 aliphatic rings. The zero-order chi connectivity index (χ0) is 12.1. The molecule has 0 aliphatic heterocycles. The lowest BCUT2D eigenvalue weighted by molar-refractivity contribution is 0.0870. The summed E-state index contributed by atoms with van der Waals surface area (Å²) in [5.41, 5.74) is -0.190. The second-order valence-electron chi connectivity index (χ2n) is 3.60. The van der Waals surface area contributed by atoms with E-state index in [9.17, 15) is 13.2 Å². The van der Waals surface area contributed by atoms with Gasteiger partial charge in [0.05, 0.1) is 18.4 Å². The number of hydrogen-bond donors (Lipinski definition) is 1. The van der Waals surface area contributed by atoms with Gasteiger partial charge in [0.1, 0.15) is 5.82 Å². The molecule has 0 bridgehead atoms. The molecule has 16 heavy (non-hydrogen) atoms. The minimum absolute atomic E-state index is 0.0656. The van der Waals surface area contributed by atoms with Crippen molar-refractivity contribution in [3.63, 3.8) is 0 Å². The average Bonchev–Trinajstić information content (AvgIpc) is 2.19. The summed E-state index contributed by atoms with van der Waals surface area (Å²) >= 11 is 0. The molecule has 2 nitrogen and oxygen atoms in total. The van der Waals surface area contributed by atoms with Crippen molar-refractivity contribution in [2.75, 3.05) is 18.5 Å². The van der Waals surface area contributed by atoms with E-state index in [2.05, 4.69) is 5.32 Å².